The molecule has 0 spiro atoms. The molecule has 0 aromatic rings. The number of rotatable bonds is 5. The minimum Gasteiger partial charge on any atom is -0.479 e. The molecule has 7 heteroatoms. The molecule has 2 unspecified atom stereocenters. The number of hydrogen-bond donors (Lipinski definition) is 3. The van der Waals surface area contributed by atoms with Crippen LogP contribution in [-0.2, 0) is 9.59 Å². The van der Waals surface area contributed by atoms with E-state index in [4.69, 9.17) is 27.1 Å². The molecule has 0 fully saturated rings. The van der Waals surface area contributed by atoms with E-state index in [-0.39, 0.29) is 6.42 Å². The third-order valence-corrected chi connectivity index (χ3v) is 3.20. The summed E-state index contributed by atoms with van der Waals surface area (Å²) in [5.41, 5.74) is 6.65. The quantitative estimate of drug-likeness (QED) is 0.577. The summed E-state index contributed by atoms with van der Waals surface area (Å²) >= 11 is 0. The Hall–Kier alpha value is -2.12. The van der Waals surface area contributed by atoms with Gasteiger partial charge in [0.2, 0.25) is 11.4 Å². The molecule has 0 bridgehead atoms. The Morgan fingerprint density at radius 1 is 1.47 bits per heavy atom. The van der Waals surface area contributed by atoms with Crippen LogP contribution in [0.5, 0.6) is 0 Å². The van der Waals surface area contributed by atoms with Gasteiger partial charge in [0.1, 0.15) is 5.92 Å². The minimum atomic E-state index is -2.35. The number of primary amides is 1. The van der Waals surface area contributed by atoms with Crippen LogP contribution >= 0.6 is 0 Å². The predicted octanol–water partition coefficient (Wildman–Crippen LogP) is -0.667. The molecular formula is C10H14N4O3. The lowest BCUT2D eigenvalue weighted by Crippen LogP contribution is -2.63. The highest BCUT2D eigenvalue weighted by molar-refractivity contribution is 5.87. The van der Waals surface area contributed by atoms with E-state index in [1.807, 2.05) is 0 Å². The summed E-state index contributed by atoms with van der Waals surface area (Å²) in [7, 11) is 0. The Balaban J connectivity index is 5.90. The lowest BCUT2D eigenvalue weighted by molar-refractivity contribution is -0.147. The highest BCUT2D eigenvalue weighted by Gasteiger charge is 2.57. The first-order valence-corrected chi connectivity index (χ1v) is 4.83. The first-order valence-electron chi connectivity index (χ1n) is 4.83. The van der Waals surface area contributed by atoms with E-state index in [0.29, 0.717) is 0 Å². The summed E-state index contributed by atoms with van der Waals surface area (Å²) < 4.78 is 0. The maximum atomic E-state index is 11.2. The predicted molar refractivity (Wildman–Crippen MR) is 56.9 cm³/mol. The number of amides is 1. The maximum Gasteiger partial charge on any atom is 0.339 e. The Kier molecular flexibility index (Phi) is 4.21. The van der Waals surface area contributed by atoms with Crippen molar-refractivity contribution in [3.05, 3.63) is 0 Å². The molecule has 92 valence electrons. The van der Waals surface area contributed by atoms with Crippen LogP contribution < -0.4 is 11.5 Å². The van der Waals surface area contributed by atoms with E-state index in [2.05, 4.69) is 0 Å². The van der Waals surface area contributed by atoms with E-state index < -0.39 is 28.7 Å². The van der Waals surface area contributed by atoms with Gasteiger partial charge < -0.3 is 16.6 Å². The van der Waals surface area contributed by atoms with Gasteiger partial charge in [-0.3, -0.25) is 4.79 Å². The van der Waals surface area contributed by atoms with Crippen molar-refractivity contribution >= 4 is 11.9 Å². The van der Waals surface area contributed by atoms with Crippen LogP contribution in [0.2, 0.25) is 0 Å². The Bertz CT molecular complexity index is 422. The number of carbonyl (C=O) groups excluding carboxylic acids is 1. The molecule has 3 atom stereocenters. The van der Waals surface area contributed by atoms with Gasteiger partial charge in [0.05, 0.1) is 12.1 Å². The number of carboxylic acids is 1. The zero-order valence-electron chi connectivity index (χ0n) is 9.60. The molecule has 0 radical (unpaired) electrons. The van der Waals surface area contributed by atoms with Gasteiger partial charge in [0.25, 0.3) is 0 Å². The van der Waals surface area contributed by atoms with Crippen LogP contribution in [0, 0.1) is 34.0 Å². The van der Waals surface area contributed by atoms with Gasteiger partial charge in [-0.05, 0) is 6.42 Å². The molecule has 0 aliphatic carbocycles. The molecule has 0 aromatic carbocycles. The van der Waals surface area contributed by atoms with Gasteiger partial charge in [-0.15, -0.1) is 0 Å². The number of hydrogen-bond acceptors (Lipinski definition) is 5. The van der Waals surface area contributed by atoms with Crippen molar-refractivity contribution in [1.82, 2.24) is 0 Å². The van der Waals surface area contributed by atoms with Crippen molar-refractivity contribution in [3.63, 3.8) is 0 Å². The second-order valence-electron chi connectivity index (χ2n) is 3.96. The third-order valence-electron chi connectivity index (χ3n) is 3.20. The average Bonchev–Trinajstić information content (AvgIpc) is 2.27. The molecule has 5 N–H and O–H groups in total. The van der Waals surface area contributed by atoms with E-state index in [1.54, 1.807) is 6.07 Å². The van der Waals surface area contributed by atoms with Crippen LogP contribution in [0.4, 0.5) is 0 Å². The van der Waals surface area contributed by atoms with Gasteiger partial charge in [-0.1, -0.05) is 13.8 Å². The summed E-state index contributed by atoms with van der Waals surface area (Å²) in [6, 6.07) is 3.08. The van der Waals surface area contributed by atoms with Crippen molar-refractivity contribution in [2.75, 3.05) is 0 Å². The number of nitrogens with two attached hydrogens (primary N) is 2. The molecule has 7 nitrogen and oxygen atoms in total. The van der Waals surface area contributed by atoms with Crippen molar-refractivity contribution in [2.24, 2.45) is 22.8 Å². The van der Waals surface area contributed by atoms with Gasteiger partial charge in [0, 0.05) is 5.41 Å². The highest BCUT2D eigenvalue weighted by Crippen LogP contribution is 2.40. The van der Waals surface area contributed by atoms with Gasteiger partial charge >= 0.3 is 5.97 Å². The highest BCUT2D eigenvalue weighted by atomic mass is 16.4. The summed E-state index contributed by atoms with van der Waals surface area (Å²) in [5.74, 6) is -4.04. The topological polar surface area (TPSA) is 154 Å². The number of carbonyl (C=O) groups is 2. The van der Waals surface area contributed by atoms with Crippen LogP contribution in [-0.4, -0.2) is 22.5 Å². The molecule has 0 rings (SSSR count). The largest absolute Gasteiger partial charge is 0.479 e. The molecule has 0 aliphatic rings. The summed E-state index contributed by atoms with van der Waals surface area (Å²) in [6.45, 7) is 2.83. The second-order valence-corrected chi connectivity index (χ2v) is 3.96. The first kappa shape index (κ1) is 14.9. The van der Waals surface area contributed by atoms with Crippen molar-refractivity contribution in [1.29, 1.82) is 10.5 Å². The van der Waals surface area contributed by atoms with E-state index in [1.165, 1.54) is 19.9 Å². The molecular weight excluding hydrogens is 224 g/mol. The minimum absolute atomic E-state index is 0.0462. The van der Waals surface area contributed by atoms with E-state index >= 15 is 0 Å². The smallest absolute Gasteiger partial charge is 0.339 e. The number of nitriles is 2. The maximum absolute atomic E-state index is 11.2. The zero-order chi connectivity index (χ0) is 13.9. The fourth-order valence-corrected chi connectivity index (χ4v) is 1.65. The number of nitrogens with zero attached hydrogens (tertiary/aromatic N) is 2. The van der Waals surface area contributed by atoms with E-state index in [0.717, 1.165) is 0 Å². The molecule has 17 heavy (non-hydrogen) atoms. The number of carboxylic acid groups (broad SMARTS) is 1. The molecule has 0 saturated heterocycles. The Labute approximate surface area is 98.6 Å². The second kappa shape index (κ2) is 4.81. The standard InChI is InChI=1S/C10H14N4O3/c1-3-9(2,6(4-11)7(13)15)10(14,5-12)8(16)17/h6H,3,14H2,1-2H3,(H2,13,15)(H,16,17)/t6?,9?,10-/m1/s1. The van der Waals surface area contributed by atoms with Crippen LogP contribution in [0.3, 0.4) is 0 Å². The Morgan fingerprint density at radius 2 is 1.94 bits per heavy atom. The molecule has 0 aliphatic heterocycles. The van der Waals surface area contributed by atoms with Crippen LogP contribution in [0.1, 0.15) is 20.3 Å². The fraction of sp³-hybridized carbons (Fsp3) is 0.600. The lowest BCUT2D eigenvalue weighted by Gasteiger charge is -2.39. The summed E-state index contributed by atoms with van der Waals surface area (Å²) in [4.78, 5) is 22.3. The van der Waals surface area contributed by atoms with Gasteiger partial charge in [0.15, 0.2) is 0 Å². The van der Waals surface area contributed by atoms with Crippen molar-refractivity contribution in [3.8, 4) is 12.1 Å². The number of aliphatic carboxylic acids is 1. The molecule has 0 aromatic heterocycles. The normalized spacial score (nSPS) is 18.9. The average molecular weight is 238 g/mol. The van der Waals surface area contributed by atoms with Crippen LogP contribution in [0.25, 0.3) is 0 Å². The fourth-order valence-electron chi connectivity index (χ4n) is 1.65. The lowest BCUT2D eigenvalue weighted by atomic mass is 9.62. The first-order chi connectivity index (χ1) is 7.71. The van der Waals surface area contributed by atoms with E-state index in [9.17, 15) is 9.59 Å². The van der Waals surface area contributed by atoms with Crippen LogP contribution in [0.15, 0.2) is 0 Å². The summed E-state index contributed by atoms with van der Waals surface area (Å²) in [5, 5.41) is 26.8. The zero-order valence-corrected chi connectivity index (χ0v) is 9.60. The molecule has 0 saturated carbocycles. The molecule has 1 amide bonds. The van der Waals surface area contributed by atoms with Crippen molar-refractivity contribution < 1.29 is 14.7 Å². The SMILES string of the molecule is CCC(C)(C(C#N)C(N)=O)[C@@](N)(C#N)C(=O)O. The summed E-state index contributed by atoms with van der Waals surface area (Å²) in [6.07, 6.45) is 0.0462. The van der Waals surface area contributed by atoms with Gasteiger partial charge in [-0.2, -0.15) is 10.5 Å². The Morgan fingerprint density at radius 3 is 2.12 bits per heavy atom. The molecule has 0 heterocycles. The third kappa shape index (κ3) is 2.05. The van der Waals surface area contributed by atoms with Gasteiger partial charge in [-0.25, -0.2) is 4.79 Å². The monoisotopic (exact) mass is 238 g/mol. The van der Waals surface area contributed by atoms with Crippen molar-refractivity contribution in [2.45, 2.75) is 25.8 Å².